The molecule has 0 bridgehead atoms. The van der Waals surface area contributed by atoms with Crippen LogP contribution >= 0.6 is 0 Å². The summed E-state index contributed by atoms with van der Waals surface area (Å²) in [6, 6.07) is 4.61. The van der Waals surface area contributed by atoms with Crippen molar-refractivity contribution in [2.75, 3.05) is 6.54 Å². The van der Waals surface area contributed by atoms with Gasteiger partial charge in [0.1, 0.15) is 18.0 Å². The molecule has 1 aromatic heterocycles. The average Bonchev–Trinajstić information content (AvgIpc) is 2.40. The molecule has 0 aliphatic heterocycles. The van der Waals surface area contributed by atoms with Crippen LogP contribution in [0, 0.1) is 11.6 Å². The fourth-order valence-electron chi connectivity index (χ4n) is 1.79. The lowest BCUT2D eigenvalue weighted by molar-refractivity contribution is 0.538. The van der Waals surface area contributed by atoms with Crippen molar-refractivity contribution in [3.8, 4) is 0 Å². The van der Waals surface area contributed by atoms with Crippen LogP contribution in [0.1, 0.15) is 24.2 Å². The molecular weight excluding hydrogens is 236 g/mol. The topological polar surface area (TPSA) is 37.8 Å². The minimum absolute atomic E-state index is 0.246. The average molecular weight is 249 g/mol. The standard InChI is InChI=1S/C13H13F2N3/c1-2-17-13(12-5-6-16-8-18-12)10-7-9(14)3-4-11(10)15/h3-8,13,17H,2H2,1H3. The second kappa shape index (κ2) is 5.64. The Balaban J connectivity index is 2.44. The third kappa shape index (κ3) is 2.68. The van der Waals surface area contributed by atoms with Gasteiger partial charge in [0.05, 0.1) is 11.7 Å². The van der Waals surface area contributed by atoms with Crippen LogP contribution in [0.15, 0.2) is 36.8 Å². The zero-order valence-corrected chi connectivity index (χ0v) is 9.90. The van der Waals surface area contributed by atoms with Gasteiger partial charge in [-0.15, -0.1) is 0 Å². The molecule has 2 rings (SSSR count). The number of hydrogen-bond donors (Lipinski definition) is 1. The Morgan fingerprint density at radius 3 is 2.78 bits per heavy atom. The van der Waals surface area contributed by atoms with E-state index in [1.165, 1.54) is 12.4 Å². The second-order valence-corrected chi connectivity index (χ2v) is 3.79. The van der Waals surface area contributed by atoms with Gasteiger partial charge in [-0.2, -0.15) is 0 Å². The summed E-state index contributed by atoms with van der Waals surface area (Å²) in [6.07, 6.45) is 2.96. The third-order valence-electron chi connectivity index (χ3n) is 2.58. The normalized spacial score (nSPS) is 12.4. The van der Waals surface area contributed by atoms with Crippen molar-refractivity contribution in [1.29, 1.82) is 0 Å². The van der Waals surface area contributed by atoms with E-state index >= 15 is 0 Å². The molecule has 0 fully saturated rings. The van der Waals surface area contributed by atoms with Crippen molar-refractivity contribution < 1.29 is 8.78 Å². The first-order chi connectivity index (χ1) is 8.72. The van der Waals surface area contributed by atoms with Crippen LogP contribution in [0.3, 0.4) is 0 Å². The van der Waals surface area contributed by atoms with Crippen LogP contribution in [0.5, 0.6) is 0 Å². The highest BCUT2D eigenvalue weighted by Crippen LogP contribution is 2.23. The molecule has 0 amide bonds. The van der Waals surface area contributed by atoms with E-state index in [4.69, 9.17) is 0 Å². The molecule has 1 unspecified atom stereocenters. The van der Waals surface area contributed by atoms with E-state index in [0.717, 1.165) is 12.1 Å². The first-order valence-electron chi connectivity index (χ1n) is 5.66. The molecule has 2 aromatic rings. The number of benzene rings is 1. The van der Waals surface area contributed by atoms with Gasteiger partial charge in [-0.05, 0) is 30.8 Å². The minimum Gasteiger partial charge on any atom is -0.305 e. The first-order valence-corrected chi connectivity index (χ1v) is 5.66. The number of halogens is 2. The van der Waals surface area contributed by atoms with Gasteiger partial charge >= 0.3 is 0 Å². The molecule has 18 heavy (non-hydrogen) atoms. The van der Waals surface area contributed by atoms with Crippen LogP contribution in [-0.4, -0.2) is 16.5 Å². The molecule has 0 aliphatic carbocycles. The van der Waals surface area contributed by atoms with E-state index in [2.05, 4.69) is 15.3 Å². The summed E-state index contributed by atoms with van der Waals surface area (Å²) in [5, 5.41) is 3.09. The summed E-state index contributed by atoms with van der Waals surface area (Å²) in [5.41, 5.74) is 0.854. The van der Waals surface area contributed by atoms with Crippen molar-refractivity contribution in [2.45, 2.75) is 13.0 Å². The smallest absolute Gasteiger partial charge is 0.128 e. The molecule has 0 aliphatic rings. The van der Waals surface area contributed by atoms with Crippen molar-refractivity contribution in [2.24, 2.45) is 0 Å². The van der Waals surface area contributed by atoms with Gasteiger partial charge < -0.3 is 5.32 Å². The maximum Gasteiger partial charge on any atom is 0.128 e. The summed E-state index contributed by atoms with van der Waals surface area (Å²) in [6.45, 7) is 2.51. The molecule has 1 aromatic carbocycles. The lowest BCUT2D eigenvalue weighted by atomic mass is 10.0. The number of aromatic nitrogens is 2. The van der Waals surface area contributed by atoms with Gasteiger partial charge in [-0.25, -0.2) is 18.7 Å². The van der Waals surface area contributed by atoms with E-state index < -0.39 is 17.7 Å². The minimum atomic E-state index is -0.478. The molecule has 0 saturated heterocycles. The molecule has 1 atom stereocenters. The Bertz CT molecular complexity index is 517. The van der Waals surface area contributed by atoms with Crippen LogP contribution in [0.2, 0.25) is 0 Å². The van der Waals surface area contributed by atoms with Crippen molar-refractivity contribution >= 4 is 0 Å². The largest absolute Gasteiger partial charge is 0.305 e. The summed E-state index contributed by atoms with van der Waals surface area (Å²) >= 11 is 0. The first kappa shape index (κ1) is 12.6. The van der Waals surface area contributed by atoms with Crippen molar-refractivity contribution in [3.05, 3.63) is 59.7 Å². The van der Waals surface area contributed by atoms with Gasteiger partial charge in [0.2, 0.25) is 0 Å². The molecule has 94 valence electrons. The van der Waals surface area contributed by atoms with Gasteiger partial charge in [-0.1, -0.05) is 6.92 Å². The molecular formula is C13H13F2N3. The maximum absolute atomic E-state index is 13.8. The van der Waals surface area contributed by atoms with E-state index in [0.29, 0.717) is 12.2 Å². The van der Waals surface area contributed by atoms with Crippen LogP contribution in [0.4, 0.5) is 8.78 Å². The Kier molecular flexibility index (Phi) is 3.94. The molecule has 1 N–H and O–H groups in total. The van der Waals surface area contributed by atoms with Crippen LogP contribution in [-0.2, 0) is 0 Å². The summed E-state index contributed by atoms with van der Waals surface area (Å²) in [5.74, 6) is -0.927. The lowest BCUT2D eigenvalue weighted by Crippen LogP contribution is -2.24. The second-order valence-electron chi connectivity index (χ2n) is 3.79. The van der Waals surface area contributed by atoms with E-state index in [1.807, 2.05) is 6.92 Å². The number of nitrogens with zero attached hydrogens (tertiary/aromatic N) is 2. The molecule has 0 spiro atoms. The van der Waals surface area contributed by atoms with Gasteiger partial charge in [0.15, 0.2) is 0 Å². The summed E-state index contributed by atoms with van der Waals surface area (Å²) in [4.78, 5) is 7.90. The third-order valence-corrected chi connectivity index (χ3v) is 2.58. The maximum atomic E-state index is 13.8. The molecule has 0 radical (unpaired) electrons. The highest BCUT2D eigenvalue weighted by Gasteiger charge is 2.18. The summed E-state index contributed by atoms with van der Waals surface area (Å²) < 4.78 is 27.0. The zero-order chi connectivity index (χ0) is 13.0. The Labute approximate surface area is 104 Å². The predicted octanol–water partition coefficient (Wildman–Crippen LogP) is 2.45. The number of nitrogens with one attached hydrogen (secondary N) is 1. The van der Waals surface area contributed by atoms with Crippen LogP contribution in [0.25, 0.3) is 0 Å². The highest BCUT2D eigenvalue weighted by atomic mass is 19.1. The number of hydrogen-bond acceptors (Lipinski definition) is 3. The van der Waals surface area contributed by atoms with E-state index in [1.54, 1.807) is 12.3 Å². The Hall–Kier alpha value is -1.88. The van der Waals surface area contributed by atoms with Gasteiger partial charge in [0, 0.05) is 11.8 Å². The molecule has 0 saturated carbocycles. The fourth-order valence-corrected chi connectivity index (χ4v) is 1.79. The van der Waals surface area contributed by atoms with E-state index in [9.17, 15) is 8.78 Å². The summed E-state index contributed by atoms with van der Waals surface area (Å²) in [7, 11) is 0. The molecule has 1 heterocycles. The monoisotopic (exact) mass is 249 g/mol. The van der Waals surface area contributed by atoms with Crippen molar-refractivity contribution in [3.63, 3.8) is 0 Å². The lowest BCUT2D eigenvalue weighted by Gasteiger charge is -2.18. The van der Waals surface area contributed by atoms with Gasteiger partial charge in [-0.3, -0.25) is 0 Å². The zero-order valence-electron chi connectivity index (χ0n) is 9.90. The highest BCUT2D eigenvalue weighted by molar-refractivity contribution is 5.29. The fraction of sp³-hybridized carbons (Fsp3) is 0.231. The predicted molar refractivity (Wildman–Crippen MR) is 63.9 cm³/mol. The van der Waals surface area contributed by atoms with E-state index in [-0.39, 0.29) is 5.56 Å². The Morgan fingerprint density at radius 2 is 2.11 bits per heavy atom. The van der Waals surface area contributed by atoms with Crippen LogP contribution < -0.4 is 5.32 Å². The SMILES string of the molecule is CCNC(c1ccncn1)c1cc(F)ccc1F. The number of rotatable bonds is 4. The van der Waals surface area contributed by atoms with Crippen molar-refractivity contribution in [1.82, 2.24) is 15.3 Å². The van der Waals surface area contributed by atoms with Gasteiger partial charge in [0.25, 0.3) is 0 Å². The quantitative estimate of drug-likeness (QED) is 0.904. The molecule has 3 nitrogen and oxygen atoms in total. The molecule has 5 heteroatoms. The Morgan fingerprint density at radius 1 is 1.28 bits per heavy atom.